The number of piperidine rings is 1. The number of likely N-dealkylation sites (tertiary alicyclic amines) is 1. The maximum atomic E-state index is 13.4. The zero-order valence-electron chi connectivity index (χ0n) is 19.9. The Morgan fingerprint density at radius 1 is 1.03 bits per heavy atom. The van der Waals surface area contributed by atoms with Crippen molar-refractivity contribution >= 4 is 33.4 Å². The number of nitriles is 1. The molecule has 1 aliphatic heterocycles. The number of hydrogen-bond acceptors (Lipinski definition) is 5. The number of carbonyl (C=O) groups is 2. The quantitative estimate of drug-likeness (QED) is 0.369. The lowest BCUT2D eigenvalue weighted by Gasteiger charge is -2.31. The van der Waals surface area contributed by atoms with E-state index in [1.165, 1.54) is 16.9 Å². The molecular weight excluding hydrogens is 470 g/mol. The van der Waals surface area contributed by atoms with Crippen LogP contribution >= 0.6 is 11.3 Å². The predicted octanol–water partition coefficient (Wildman–Crippen LogP) is 6.12. The molecule has 36 heavy (non-hydrogen) atoms. The van der Waals surface area contributed by atoms with Crippen molar-refractivity contribution in [3.63, 3.8) is 0 Å². The molecule has 2 N–H and O–H groups in total. The van der Waals surface area contributed by atoms with E-state index in [1.54, 1.807) is 4.90 Å². The van der Waals surface area contributed by atoms with Gasteiger partial charge >= 0.3 is 6.09 Å². The van der Waals surface area contributed by atoms with Crippen LogP contribution in [0.1, 0.15) is 33.6 Å². The molecule has 6 nitrogen and oxygen atoms in total. The molecule has 2 amide bonds. The van der Waals surface area contributed by atoms with E-state index >= 15 is 0 Å². The summed E-state index contributed by atoms with van der Waals surface area (Å²) in [7, 11) is 0. The van der Waals surface area contributed by atoms with Crippen molar-refractivity contribution in [2.45, 2.75) is 25.9 Å². The van der Waals surface area contributed by atoms with E-state index in [0.29, 0.717) is 30.0 Å². The molecule has 1 atom stereocenters. The number of nitrogens with zero attached hydrogens (tertiary/aromatic N) is 2. The Morgan fingerprint density at radius 2 is 1.69 bits per heavy atom. The summed E-state index contributed by atoms with van der Waals surface area (Å²) < 4.78 is 6.17. The Labute approximate surface area is 213 Å². The molecule has 7 heteroatoms. The second kappa shape index (κ2) is 9.84. The third kappa shape index (κ3) is 4.81. The number of carbonyl (C=O) groups excluding carboxylic acids is 2. The Kier molecular flexibility index (Phi) is 6.45. The fourth-order valence-corrected chi connectivity index (χ4v) is 5.72. The smallest absolute Gasteiger partial charge is 0.404 e. The summed E-state index contributed by atoms with van der Waals surface area (Å²) >= 11 is 1.47. The van der Waals surface area contributed by atoms with Gasteiger partial charge in [-0.15, -0.1) is 11.3 Å². The van der Waals surface area contributed by atoms with E-state index in [1.807, 2.05) is 30.3 Å². The van der Waals surface area contributed by atoms with Crippen LogP contribution in [-0.4, -0.2) is 36.1 Å². The van der Waals surface area contributed by atoms with Gasteiger partial charge in [-0.05, 0) is 77.7 Å². The topological polar surface area (TPSA) is 96.4 Å². The molecule has 5 rings (SSSR count). The first-order chi connectivity index (χ1) is 17.4. The second-order valence-corrected chi connectivity index (χ2v) is 10.1. The Hall–Kier alpha value is -4.15. The lowest BCUT2D eigenvalue weighted by molar-refractivity contribution is 0.0376. The van der Waals surface area contributed by atoms with Gasteiger partial charge in [-0.2, -0.15) is 5.26 Å². The van der Waals surface area contributed by atoms with Crippen molar-refractivity contribution in [1.29, 1.82) is 5.26 Å². The average Bonchev–Trinajstić information content (AvgIpc) is 3.31. The fraction of sp³-hybridized carbons (Fsp3) is 0.207. The second-order valence-electron chi connectivity index (χ2n) is 9.05. The van der Waals surface area contributed by atoms with E-state index in [9.17, 15) is 14.9 Å². The van der Waals surface area contributed by atoms with Gasteiger partial charge in [0.25, 0.3) is 5.91 Å². The molecule has 1 aliphatic rings. The average molecular weight is 496 g/mol. The SMILES string of the molecule is Cc1ccc(-c2cc3sc(C(=O)N4CCC[C@@H](OC(N)=O)C4)cc3cc2-c2ccc(C#N)cc2)cc1. The van der Waals surface area contributed by atoms with Crippen LogP contribution in [0.4, 0.5) is 4.79 Å². The lowest BCUT2D eigenvalue weighted by atomic mass is 9.92. The van der Waals surface area contributed by atoms with Crippen LogP contribution in [0, 0.1) is 18.3 Å². The van der Waals surface area contributed by atoms with Crippen LogP contribution in [0.5, 0.6) is 0 Å². The number of ether oxygens (including phenoxy) is 1. The van der Waals surface area contributed by atoms with Crippen LogP contribution < -0.4 is 5.73 Å². The molecule has 0 unspecified atom stereocenters. The molecule has 1 fully saturated rings. The number of nitrogens with two attached hydrogens (primary N) is 1. The van der Waals surface area contributed by atoms with Gasteiger partial charge in [0, 0.05) is 11.2 Å². The number of fused-ring (bicyclic) bond motifs is 1. The Balaban J connectivity index is 1.55. The van der Waals surface area contributed by atoms with Crippen LogP contribution in [-0.2, 0) is 4.74 Å². The highest BCUT2D eigenvalue weighted by molar-refractivity contribution is 7.20. The van der Waals surface area contributed by atoms with E-state index in [-0.39, 0.29) is 12.0 Å². The lowest BCUT2D eigenvalue weighted by Crippen LogP contribution is -2.44. The van der Waals surface area contributed by atoms with Crippen LogP contribution in [0.3, 0.4) is 0 Å². The van der Waals surface area contributed by atoms with E-state index < -0.39 is 6.09 Å². The number of thiophene rings is 1. The molecule has 0 radical (unpaired) electrons. The first-order valence-corrected chi connectivity index (χ1v) is 12.6. The molecule has 0 aliphatic carbocycles. The predicted molar refractivity (Wildman–Crippen MR) is 142 cm³/mol. The molecule has 0 saturated carbocycles. The highest BCUT2D eigenvalue weighted by Crippen LogP contribution is 2.39. The highest BCUT2D eigenvalue weighted by Gasteiger charge is 2.27. The van der Waals surface area contributed by atoms with E-state index in [0.717, 1.165) is 38.8 Å². The molecule has 3 aromatic carbocycles. The zero-order valence-corrected chi connectivity index (χ0v) is 20.7. The van der Waals surface area contributed by atoms with Gasteiger partial charge < -0.3 is 15.4 Å². The first kappa shape index (κ1) is 23.6. The highest BCUT2D eigenvalue weighted by atomic mass is 32.1. The molecule has 0 spiro atoms. The monoisotopic (exact) mass is 495 g/mol. The molecule has 4 aromatic rings. The Bertz CT molecular complexity index is 1480. The first-order valence-electron chi connectivity index (χ1n) is 11.8. The number of aryl methyl sites for hydroxylation is 1. The largest absolute Gasteiger partial charge is 0.445 e. The Morgan fingerprint density at radius 3 is 2.36 bits per heavy atom. The van der Waals surface area contributed by atoms with Gasteiger partial charge in [0.15, 0.2) is 0 Å². The summed E-state index contributed by atoms with van der Waals surface area (Å²) in [5, 5.41) is 10.2. The van der Waals surface area contributed by atoms with Crippen LogP contribution in [0.15, 0.2) is 66.7 Å². The molecule has 1 aromatic heterocycles. The number of rotatable bonds is 4. The van der Waals surface area contributed by atoms with E-state index in [2.05, 4.69) is 49.4 Å². The molecule has 180 valence electrons. The summed E-state index contributed by atoms with van der Waals surface area (Å²) in [4.78, 5) is 26.9. The fourth-order valence-electron chi connectivity index (χ4n) is 4.67. The summed E-state index contributed by atoms with van der Waals surface area (Å²) in [6.45, 7) is 3.03. The van der Waals surface area contributed by atoms with E-state index in [4.69, 9.17) is 10.5 Å². The summed E-state index contributed by atoms with van der Waals surface area (Å²) in [6, 6.07) is 24.3. The maximum absolute atomic E-state index is 13.4. The number of benzene rings is 3. The van der Waals surface area contributed by atoms with Gasteiger partial charge in [0.1, 0.15) is 6.10 Å². The number of hydrogen-bond donors (Lipinski definition) is 1. The van der Waals surface area contributed by atoms with Crippen molar-refractivity contribution < 1.29 is 14.3 Å². The van der Waals surface area contributed by atoms with Crippen LogP contribution in [0.25, 0.3) is 32.3 Å². The van der Waals surface area contributed by atoms with Gasteiger partial charge in [0.05, 0.1) is 23.1 Å². The van der Waals surface area contributed by atoms with Crippen molar-refractivity contribution in [2.75, 3.05) is 13.1 Å². The van der Waals surface area contributed by atoms with Crippen molar-refractivity contribution in [3.8, 4) is 28.3 Å². The van der Waals surface area contributed by atoms with Gasteiger partial charge in [-0.1, -0.05) is 42.0 Å². The molecular formula is C29H25N3O3S. The third-order valence-corrected chi connectivity index (χ3v) is 7.59. The van der Waals surface area contributed by atoms with Crippen molar-refractivity contribution in [3.05, 3.63) is 82.7 Å². The minimum Gasteiger partial charge on any atom is -0.445 e. The number of amides is 2. The normalized spacial score (nSPS) is 15.4. The van der Waals surface area contributed by atoms with Crippen LogP contribution in [0.2, 0.25) is 0 Å². The molecule has 1 saturated heterocycles. The summed E-state index contributed by atoms with van der Waals surface area (Å²) in [6.07, 6.45) is 0.281. The molecule has 0 bridgehead atoms. The minimum absolute atomic E-state index is 0.0641. The maximum Gasteiger partial charge on any atom is 0.404 e. The summed E-state index contributed by atoms with van der Waals surface area (Å²) in [5.41, 5.74) is 11.2. The number of primary amides is 1. The third-order valence-electron chi connectivity index (χ3n) is 6.50. The van der Waals surface area contributed by atoms with Gasteiger partial charge in [-0.3, -0.25) is 4.79 Å². The van der Waals surface area contributed by atoms with Gasteiger partial charge in [0.2, 0.25) is 0 Å². The molecule has 2 heterocycles. The summed E-state index contributed by atoms with van der Waals surface area (Å²) in [5.74, 6) is -0.0641. The van der Waals surface area contributed by atoms with Crippen molar-refractivity contribution in [2.24, 2.45) is 5.73 Å². The zero-order chi connectivity index (χ0) is 25.2. The standard InChI is InChI=1S/C29H25N3O3S/c1-18-4-8-20(9-5-18)25-15-26-22(13-24(25)21-10-6-19(16-30)7-11-21)14-27(36-26)28(33)32-12-2-3-23(17-32)35-29(31)34/h4-11,13-15,23H,2-3,12,17H2,1H3,(H2,31,34)/t23-/m1/s1. The van der Waals surface area contributed by atoms with Crippen molar-refractivity contribution in [1.82, 2.24) is 4.90 Å². The minimum atomic E-state index is -0.810. The van der Waals surface area contributed by atoms with Gasteiger partial charge in [-0.25, -0.2) is 4.79 Å².